The van der Waals surface area contributed by atoms with Gasteiger partial charge in [-0.1, -0.05) is 48.1 Å². The second-order valence-corrected chi connectivity index (χ2v) is 6.08. The first-order valence-corrected chi connectivity index (χ1v) is 6.38. The Labute approximate surface area is 114 Å². The van der Waals surface area contributed by atoms with E-state index in [9.17, 15) is 9.59 Å². The summed E-state index contributed by atoms with van der Waals surface area (Å²) in [5.41, 5.74) is 0. The number of carbonyl (C=O) groups is 2. The fourth-order valence-electron chi connectivity index (χ4n) is 1.33. The lowest BCUT2D eigenvalue weighted by molar-refractivity contribution is -0.178. The van der Waals surface area contributed by atoms with Crippen LogP contribution < -0.4 is 0 Å². The smallest absolute Gasteiger partial charge is 0.342 e. The highest BCUT2D eigenvalue weighted by Crippen LogP contribution is 2.43. The highest BCUT2D eigenvalue weighted by molar-refractivity contribution is 6.57. The zero-order valence-electron chi connectivity index (χ0n) is 9.30. The van der Waals surface area contributed by atoms with Crippen LogP contribution in [0.4, 0.5) is 0 Å². The number of unbranched alkanes of at least 4 members (excludes halogenated alkanes) is 1. The van der Waals surface area contributed by atoms with Gasteiger partial charge in [0, 0.05) is 6.42 Å². The van der Waals surface area contributed by atoms with Crippen LogP contribution in [0.5, 0.6) is 0 Å². The largest absolute Gasteiger partial charge is 0.463 e. The molecule has 0 spiro atoms. The average molecular weight is 304 g/mol. The summed E-state index contributed by atoms with van der Waals surface area (Å²) in [6, 6.07) is 0. The van der Waals surface area contributed by atoms with Crippen molar-refractivity contribution in [2.75, 3.05) is 6.61 Å². The van der Waals surface area contributed by atoms with E-state index >= 15 is 0 Å². The third kappa shape index (κ3) is 4.19. The van der Waals surface area contributed by atoms with E-state index in [0.717, 1.165) is 12.8 Å². The fraction of sp³-hybridized carbons (Fsp3) is 0.800. The van der Waals surface area contributed by atoms with Crippen molar-refractivity contribution in [1.82, 2.24) is 0 Å². The van der Waals surface area contributed by atoms with Gasteiger partial charge in [-0.25, -0.2) is 4.79 Å². The van der Waals surface area contributed by atoms with Crippen LogP contribution in [0.2, 0.25) is 0 Å². The van der Waals surface area contributed by atoms with E-state index in [1.54, 1.807) is 0 Å². The molecule has 1 aliphatic rings. The molecule has 1 aliphatic heterocycles. The molecule has 1 fully saturated rings. The van der Waals surface area contributed by atoms with Gasteiger partial charge in [0.1, 0.15) is 6.42 Å². The molecule has 1 unspecified atom stereocenters. The normalized spacial score (nSPS) is 23.9. The van der Waals surface area contributed by atoms with Gasteiger partial charge in [0.25, 0.3) is 0 Å². The number of esters is 2. The summed E-state index contributed by atoms with van der Waals surface area (Å²) >= 11 is 17.5. The highest BCUT2D eigenvalue weighted by Gasteiger charge is 2.52. The van der Waals surface area contributed by atoms with Gasteiger partial charge >= 0.3 is 11.9 Å². The van der Waals surface area contributed by atoms with Crippen molar-refractivity contribution >= 4 is 46.7 Å². The van der Waals surface area contributed by atoms with Gasteiger partial charge in [-0.2, -0.15) is 0 Å². The van der Waals surface area contributed by atoms with Gasteiger partial charge in [-0.15, -0.1) is 0 Å². The van der Waals surface area contributed by atoms with Crippen LogP contribution in [-0.2, 0) is 19.1 Å². The maximum absolute atomic E-state index is 11.6. The Morgan fingerprint density at radius 1 is 1.59 bits per heavy atom. The number of hydrogen-bond donors (Lipinski definition) is 0. The minimum atomic E-state index is -1.80. The van der Waals surface area contributed by atoms with Crippen LogP contribution in [0, 0.1) is 0 Å². The number of ether oxygens (including phenoxy) is 2. The second-order valence-electron chi connectivity index (χ2n) is 3.90. The summed E-state index contributed by atoms with van der Waals surface area (Å²) in [6.07, 6.45) is 1.41. The van der Waals surface area contributed by atoms with Crippen molar-refractivity contribution in [1.29, 1.82) is 0 Å². The minimum absolute atomic E-state index is 0.0159. The van der Waals surface area contributed by atoms with Gasteiger partial charge < -0.3 is 9.47 Å². The van der Waals surface area contributed by atoms with Crippen LogP contribution in [0.25, 0.3) is 0 Å². The lowest BCUT2D eigenvalue weighted by Gasteiger charge is -2.37. The maximum atomic E-state index is 11.6. The van der Waals surface area contributed by atoms with E-state index in [-0.39, 0.29) is 19.4 Å². The molecule has 1 saturated heterocycles. The summed E-state index contributed by atoms with van der Waals surface area (Å²) in [4.78, 5) is 22.2. The van der Waals surface area contributed by atoms with E-state index in [2.05, 4.69) is 4.74 Å². The Balaban J connectivity index is 2.44. The zero-order chi connectivity index (χ0) is 13.1. The standard InChI is InChI=1S/C10H13Cl3O4/c1-2-3-4-16-8(15)10(12,13)6-9(11)5-7(14)17-9/h2-6H2,1H3. The molecule has 0 N–H and O–H groups in total. The van der Waals surface area contributed by atoms with E-state index in [1.807, 2.05) is 6.92 Å². The molecule has 0 aromatic rings. The number of carbonyl (C=O) groups excluding carboxylic acids is 2. The average Bonchev–Trinajstić information content (AvgIpc) is 2.14. The third-order valence-electron chi connectivity index (χ3n) is 2.22. The quantitative estimate of drug-likeness (QED) is 0.430. The highest BCUT2D eigenvalue weighted by atomic mass is 35.5. The molecule has 0 radical (unpaired) electrons. The molecule has 0 saturated carbocycles. The van der Waals surface area contributed by atoms with Gasteiger partial charge in [-0.3, -0.25) is 4.79 Å². The molecule has 1 heterocycles. The first-order chi connectivity index (χ1) is 7.79. The Kier molecular flexibility index (Phi) is 4.93. The van der Waals surface area contributed by atoms with Crippen LogP contribution in [0.1, 0.15) is 32.6 Å². The first-order valence-electron chi connectivity index (χ1n) is 5.25. The van der Waals surface area contributed by atoms with Gasteiger partial charge in [0.15, 0.2) is 5.06 Å². The Hall–Kier alpha value is -0.190. The molecule has 0 bridgehead atoms. The fourth-order valence-corrected chi connectivity index (χ4v) is 2.40. The van der Waals surface area contributed by atoms with Crippen molar-refractivity contribution in [3.8, 4) is 0 Å². The van der Waals surface area contributed by atoms with Crippen molar-refractivity contribution in [2.45, 2.75) is 42.0 Å². The molecule has 0 amide bonds. The molecule has 98 valence electrons. The SMILES string of the molecule is CCCCOC(=O)C(Cl)(Cl)CC1(Cl)CC(=O)O1. The van der Waals surface area contributed by atoms with Crippen LogP contribution in [0.3, 0.4) is 0 Å². The predicted octanol–water partition coefficient (Wildman–Crippen LogP) is 2.78. The lowest BCUT2D eigenvalue weighted by atomic mass is 10.1. The van der Waals surface area contributed by atoms with Crippen LogP contribution in [0.15, 0.2) is 0 Å². The van der Waals surface area contributed by atoms with Crippen molar-refractivity contribution in [3.05, 3.63) is 0 Å². The van der Waals surface area contributed by atoms with Crippen molar-refractivity contribution < 1.29 is 19.1 Å². The molecule has 0 aromatic carbocycles. The van der Waals surface area contributed by atoms with Crippen LogP contribution in [-0.4, -0.2) is 27.9 Å². The molecule has 1 rings (SSSR count). The first kappa shape index (κ1) is 14.9. The number of hydrogen-bond acceptors (Lipinski definition) is 4. The zero-order valence-corrected chi connectivity index (χ0v) is 11.6. The summed E-state index contributed by atoms with van der Waals surface area (Å²) in [7, 11) is 0. The van der Waals surface area contributed by atoms with E-state index in [0.29, 0.717) is 0 Å². The van der Waals surface area contributed by atoms with Crippen molar-refractivity contribution in [3.63, 3.8) is 0 Å². The summed E-state index contributed by atoms with van der Waals surface area (Å²) < 4.78 is 7.78. The monoisotopic (exact) mass is 302 g/mol. The lowest BCUT2D eigenvalue weighted by Crippen LogP contribution is -2.48. The van der Waals surface area contributed by atoms with E-state index < -0.39 is 21.3 Å². The molecule has 1 atom stereocenters. The predicted molar refractivity (Wildman–Crippen MR) is 64.2 cm³/mol. The molecule has 0 aliphatic carbocycles. The van der Waals surface area contributed by atoms with Gasteiger partial charge in [-0.05, 0) is 6.42 Å². The number of cyclic esters (lactones) is 1. The maximum Gasteiger partial charge on any atom is 0.342 e. The Morgan fingerprint density at radius 2 is 2.18 bits per heavy atom. The molecule has 0 aromatic heterocycles. The van der Waals surface area contributed by atoms with E-state index in [1.165, 1.54) is 0 Å². The molecular formula is C10H13Cl3O4. The van der Waals surface area contributed by atoms with Gasteiger partial charge in [0.2, 0.25) is 4.33 Å². The molecule has 7 heteroatoms. The molecular weight excluding hydrogens is 290 g/mol. The summed E-state index contributed by atoms with van der Waals surface area (Å²) in [5, 5.41) is -1.29. The Morgan fingerprint density at radius 3 is 2.65 bits per heavy atom. The van der Waals surface area contributed by atoms with Crippen LogP contribution >= 0.6 is 34.8 Å². The molecule has 4 nitrogen and oxygen atoms in total. The number of rotatable bonds is 6. The van der Waals surface area contributed by atoms with Gasteiger partial charge in [0.05, 0.1) is 6.61 Å². The molecule has 17 heavy (non-hydrogen) atoms. The summed E-state index contributed by atoms with van der Waals surface area (Å²) in [6.45, 7) is 2.22. The van der Waals surface area contributed by atoms with Crippen molar-refractivity contribution in [2.24, 2.45) is 0 Å². The number of halogens is 3. The topological polar surface area (TPSA) is 52.6 Å². The minimum Gasteiger partial charge on any atom is -0.463 e. The Bertz CT molecular complexity index is 309. The third-order valence-corrected chi connectivity index (χ3v) is 3.14. The van der Waals surface area contributed by atoms with E-state index in [4.69, 9.17) is 39.5 Å². The number of alkyl halides is 3. The second kappa shape index (κ2) is 5.63. The summed E-state index contributed by atoms with van der Waals surface area (Å²) in [5.74, 6) is -1.21.